The Bertz CT molecular complexity index is 1170. The summed E-state index contributed by atoms with van der Waals surface area (Å²) in [4.78, 5) is 12.1. The van der Waals surface area contributed by atoms with Gasteiger partial charge in [-0.3, -0.25) is 0 Å². The van der Waals surface area contributed by atoms with Crippen LogP contribution in [0.2, 0.25) is 0 Å². The first-order valence-electron chi connectivity index (χ1n) is 9.77. The lowest BCUT2D eigenvalue weighted by molar-refractivity contribution is -0.138. The van der Waals surface area contributed by atoms with Crippen molar-refractivity contribution in [2.24, 2.45) is 0 Å². The molecule has 1 atom stereocenters. The Balaban J connectivity index is 2.21. The Morgan fingerprint density at radius 1 is 1.13 bits per heavy atom. The average Bonchev–Trinajstić information content (AvgIpc) is 2.69. The van der Waals surface area contributed by atoms with Gasteiger partial charge in [-0.05, 0) is 48.6 Å². The standard InChI is InChI=1S/C23H24BrNO4S/c1-3-4-9-20(23(26)27)25-22-19-8-6-5-7-16(19)10-11-21(22)30(28,29)18-13-15(2)12-17(24)14-18/h5-8,10-14,20,25H,3-4,9H2,1-2H3,(H,26,27). The largest absolute Gasteiger partial charge is 0.480 e. The molecule has 158 valence electrons. The summed E-state index contributed by atoms with van der Waals surface area (Å²) in [6.45, 7) is 3.82. The van der Waals surface area contributed by atoms with Crippen LogP contribution < -0.4 is 5.32 Å². The normalized spacial score (nSPS) is 12.6. The number of sulfone groups is 1. The number of halogens is 1. The van der Waals surface area contributed by atoms with E-state index in [9.17, 15) is 18.3 Å². The Kier molecular flexibility index (Phi) is 6.83. The minimum Gasteiger partial charge on any atom is -0.480 e. The molecule has 7 heteroatoms. The van der Waals surface area contributed by atoms with E-state index in [1.54, 1.807) is 24.3 Å². The highest BCUT2D eigenvalue weighted by Crippen LogP contribution is 2.36. The third-order valence-corrected chi connectivity index (χ3v) is 7.20. The van der Waals surface area contributed by atoms with Crippen molar-refractivity contribution in [3.05, 3.63) is 64.6 Å². The van der Waals surface area contributed by atoms with E-state index in [0.717, 1.165) is 23.8 Å². The van der Waals surface area contributed by atoms with Crippen LogP contribution in [-0.2, 0) is 14.6 Å². The van der Waals surface area contributed by atoms with Crippen LogP contribution in [0.25, 0.3) is 10.8 Å². The summed E-state index contributed by atoms with van der Waals surface area (Å²) in [5.41, 5.74) is 1.14. The van der Waals surface area contributed by atoms with E-state index < -0.39 is 21.8 Å². The molecule has 0 fully saturated rings. The smallest absolute Gasteiger partial charge is 0.326 e. The van der Waals surface area contributed by atoms with Gasteiger partial charge in [0, 0.05) is 9.86 Å². The lowest BCUT2D eigenvalue weighted by Crippen LogP contribution is -2.30. The van der Waals surface area contributed by atoms with Gasteiger partial charge in [0.15, 0.2) is 0 Å². The number of aliphatic carboxylic acids is 1. The van der Waals surface area contributed by atoms with Crippen molar-refractivity contribution >= 4 is 48.2 Å². The van der Waals surface area contributed by atoms with Crippen LogP contribution in [0.3, 0.4) is 0 Å². The minimum absolute atomic E-state index is 0.0708. The molecule has 0 bridgehead atoms. The molecule has 0 heterocycles. The number of carboxylic acid groups (broad SMARTS) is 1. The van der Waals surface area contributed by atoms with Crippen molar-refractivity contribution < 1.29 is 18.3 Å². The summed E-state index contributed by atoms with van der Waals surface area (Å²) in [6, 6.07) is 14.8. The van der Waals surface area contributed by atoms with Gasteiger partial charge >= 0.3 is 5.97 Å². The Morgan fingerprint density at radius 2 is 1.87 bits per heavy atom. The number of benzene rings is 3. The second-order valence-corrected chi connectivity index (χ2v) is 10.1. The van der Waals surface area contributed by atoms with Crippen molar-refractivity contribution in [2.75, 3.05) is 5.32 Å². The van der Waals surface area contributed by atoms with Gasteiger partial charge in [-0.15, -0.1) is 0 Å². The number of anilines is 1. The molecule has 0 aliphatic rings. The number of unbranched alkanes of at least 4 members (excludes halogenated alkanes) is 1. The third kappa shape index (κ3) is 4.68. The second-order valence-electron chi connectivity index (χ2n) is 7.30. The molecule has 0 aliphatic heterocycles. The summed E-state index contributed by atoms with van der Waals surface area (Å²) in [5, 5.41) is 14.2. The number of aryl methyl sites for hydroxylation is 1. The van der Waals surface area contributed by atoms with Crippen molar-refractivity contribution in [1.29, 1.82) is 0 Å². The number of fused-ring (bicyclic) bond motifs is 1. The van der Waals surface area contributed by atoms with Gasteiger partial charge < -0.3 is 10.4 Å². The summed E-state index contributed by atoms with van der Waals surface area (Å²) in [5.74, 6) is -1.00. The average molecular weight is 490 g/mol. The van der Waals surface area contributed by atoms with E-state index in [4.69, 9.17) is 0 Å². The highest BCUT2D eigenvalue weighted by Gasteiger charge is 2.26. The number of carboxylic acids is 1. The molecule has 1 unspecified atom stereocenters. The van der Waals surface area contributed by atoms with E-state index in [0.29, 0.717) is 22.0 Å². The molecule has 0 aliphatic carbocycles. The van der Waals surface area contributed by atoms with E-state index in [1.807, 2.05) is 44.2 Å². The van der Waals surface area contributed by atoms with Crippen molar-refractivity contribution in [1.82, 2.24) is 0 Å². The number of rotatable bonds is 8. The molecule has 0 amide bonds. The van der Waals surface area contributed by atoms with Gasteiger partial charge in [-0.2, -0.15) is 0 Å². The topological polar surface area (TPSA) is 83.5 Å². The first-order chi connectivity index (χ1) is 14.2. The second kappa shape index (κ2) is 9.18. The number of hydrogen-bond donors (Lipinski definition) is 2. The fourth-order valence-corrected chi connectivity index (χ4v) is 5.77. The molecule has 0 saturated heterocycles. The molecule has 0 aromatic heterocycles. The molecule has 2 N–H and O–H groups in total. The van der Waals surface area contributed by atoms with Crippen LogP contribution in [-0.4, -0.2) is 25.5 Å². The maximum Gasteiger partial charge on any atom is 0.326 e. The maximum atomic E-state index is 13.6. The van der Waals surface area contributed by atoms with Crippen molar-refractivity contribution in [3.8, 4) is 0 Å². The molecular formula is C23H24BrNO4S. The molecule has 3 aromatic rings. The fraction of sp³-hybridized carbons (Fsp3) is 0.261. The van der Waals surface area contributed by atoms with Gasteiger partial charge in [0.1, 0.15) is 6.04 Å². The molecule has 30 heavy (non-hydrogen) atoms. The van der Waals surface area contributed by atoms with E-state index in [2.05, 4.69) is 21.2 Å². The van der Waals surface area contributed by atoms with Gasteiger partial charge in [0.2, 0.25) is 9.84 Å². The predicted octanol–water partition coefficient (Wildman–Crippen LogP) is 5.80. The van der Waals surface area contributed by atoms with Gasteiger partial charge in [0.25, 0.3) is 0 Å². The summed E-state index contributed by atoms with van der Waals surface area (Å²) < 4.78 is 27.8. The lowest BCUT2D eigenvalue weighted by Gasteiger charge is -2.20. The third-order valence-electron chi connectivity index (χ3n) is 4.97. The molecule has 3 rings (SSSR count). The quantitative estimate of drug-likeness (QED) is 0.417. The van der Waals surface area contributed by atoms with Crippen LogP contribution >= 0.6 is 15.9 Å². The van der Waals surface area contributed by atoms with E-state index in [-0.39, 0.29) is 9.79 Å². The van der Waals surface area contributed by atoms with Crippen molar-refractivity contribution in [2.45, 2.75) is 48.9 Å². The SMILES string of the molecule is CCCCC(Nc1c(S(=O)(=O)c2cc(C)cc(Br)c2)ccc2ccccc12)C(=O)O. The summed E-state index contributed by atoms with van der Waals surface area (Å²) >= 11 is 3.37. The van der Waals surface area contributed by atoms with Crippen LogP contribution in [0.15, 0.2) is 68.9 Å². The Hall–Kier alpha value is -2.38. The number of carbonyl (C=O) groups is 1. The maximum absolute atomic E-state index is 13.6. The van der Waals surface area contributed by atoms with Crippen LogP contribution in [0.4, 0.5) is 5.69 Å². The minimum atomic E-state index is -3.88. The van der Waals surface area contributed by atoms with E-state index >= 15 is 0 Å². The van der Waals surface area contributed by atoms with Crippen LogP contribution in [0.1, 0.15) is 31.7 Å². The molecular weight excluding hydrogens is 466 g/mol. The fourth-order valence-electron chi connectivity index (χ4n) is 3.45. The highest BCUT2D eigenvalue weighted by molar-refractivity contribution is 9.10. The van der Waals surface area contributed by atoms with Crippen molar-refractivity contribution in [3.63, 3.8) is 0 Å². The zero-order valence-electron chi connectivity index (χ0n) is 16.9. The van der Waals surface area contributed by atoms with E-state index in [1.165, 1.54) is 0 Å². The Labute approximate surface area is 185 Å². The molecule has 5 nitrogen and oxygen atoms in total. The predicted molar refractivity (Wildman–Crippen MR) is 123 cm³/mol. The number of nitrogens with one attached hydrogen (secondary N) is 1. The van der Waals surface area contributed by atoms with Gasteiger partial charge in [-0.1, -0.05) is 66.0 Å². The highest BCUT2D eigenvalue weighted by atomic mass is 79.9. The zero-order chi connectivity index (χ0) is 21.9. The van der Waals surface area contributed by atoms with Gasteiger partial charge in [0.05, 0.1) is 15.5 Å². The zero-order valence-corrected chi connectivity index (χ0v) is 19.3. The van der Waals surface area contributed by atoms with Crippen LogP contribution in [0, 0.1) is 6.92 Å². The van der Waals surface area contributed by atoms with Crippen LogP contribution in [0.5, 0.6) is 0 Å². The Morgan fingerprint density at radius 3 is 2.53 bits per heavy atom. The summed E-state index contributed by atoms with van der Waals surface area (Å²) in [7, 11) is -3.88. The first-order valence-corrected chi connectivity index (χ1v) is 12.0. The lowest BCUT2D eigenvalue weighted by atomic mass is 10.1. The monoisotopic (exact) mass is 489 g/mol. The molecule has 0 spiro atoms. The first kappa shape index (κ1) is 22.3. The summed E-state index contributed by atoms with van der Waals surface area (Å²) in [6.07, 6.45) is 1.98. The molecule has 0 radical (unpaired) electrons. The number of hydrogen-bond acceptors (Lipinski definition) is 4. The van der Waals surface area contributed by atoms with Gasteiger partial charge in [-0.25, -0.2) is 13.2 Å². The molecule has 0 saturated carbocycles. The molecule has 3 aromatic carbocycles.